The minimum Gasteiger partial charge on any atom is -0.383 e. The lowest BCUT2D eigenvalue weighted by atomic mass is 9.74. The van der Waals surface area contributed by atoms with Crippen molar-refractivity contribution in [2.45, 2.75) is 51.1 Å². The molecule has 7 nitrogen and oxygen atoms in total. The Kier molecular flexibility index (Phi) is 8.07. The van der Waals surface area contributed by atoms with E-state index in [1.54, 1.807) is 17.3 Å². The molecule has 2 heterocycles. The average molecular weight is 428 g/mol. The highest BCUT2D eigenvalue weighted by molar-refractivity contribution is 5.96. The van der Waals surface area contributed by atoms with Crippen LogP contribution in [0.25, 0.3) is 0 Å². The lowest BCUT2D eigenvalue weighted by Gasteiger charge is -2.47. The predicted octanol–water partition coefficient (Wildman–Crippen LogP) is 2.54. The smallest absolute Gasteiger partial charge is 0.317 e. The number of likely N-dealkylation sites (N-methyl/N-ethyl adjacent to an activating group) is 1. The third-order valence-corrected chi connectivity index (χ3v) is 6.37. The number of carbonyl (C=O) groups is 2. The van der Waals surface area contributed by atoms with Crippen LogP contribution in [0, 0.1) is 5.92 Å². The molecule has 1 saturated heterocycles. The van der Waals surface area contributed by atoms with E-state index in [4.69, 9.17) is 0 Å². The number of urea groups is 1. The Labute approximate surface area is 186 Å². The first-order valence-electron chi connectivity index (χ1n) is 11.4. The molecule has 7 heteroatoms. The molecule has 1 N–H and O–H groups in total. The molecular formula is C24H37N5O2. The third-order valence-electron chi connectivity index (χ3n) is 6.37. The number of rotatable bonds is 7. The zero-order chi connectivity index (χ0) is 22.4. The lowest BCUT2D eigenvalue weighted by molar-refractivity contribution is -0.119. The number of Topliss-reactive ketones (excluding diaryl/α,β-unsaturated/α-hetero) is 1. The van der Waals surface area contributed by atoms with Gasteiger partial charge in [-0.25, -0.2) is 4.79 Å². The van der Waals surface area contributed by atoms with Crippen molar-refractivity contribution < 1.29 is 9.59 Å². The van der Waals surface area contributed by atoms with Crippen molar-refractivity contribution in [2.75, 3.05) is 40.8 Å². The van der Waals surface area contributed by atoms with Gasteiger partial charge in [-0.1, -0.05) is 6.92 Å². The molecule has 1 aromatic heterocycles. The van der Waals surface area contributed by atoms with Crippen LogP contribution in [0.4, 0.5) is 4.79 Å². The summed E-state index contributed by atoms with van der Waals surface area (Å²) in [6.45, 7) is 4.69. The standard InChI is InChI=1S/C24H37N5O2/c1-5-11-29-17-21(13-19-15-23(30)20(14-22(19)29)16-27(2)3)26-24(31)28(4)12-8-18-6-9-25-10-7-18/h6-7,9-10,16,19,21-22H,5,8,11-15,17H2,1-4H3,(H,26,31)/t19-,21+,22-/m1/s1. The van der Waals surface area contributed by atoms with Gasteiger partial charge in [0.1, 0.15) is 0 Å². The number of hydrogen-bond acceptors (Lipinski definition) is 5. The highest BCUT2D eigenvalue weighted by atomic mass is 16.2. The van der Waals surface area contributed by atoms with Crippen LogP contribution in [0.15, 0.2) is 36.3 Å². The number of nitrogens with zero attached hydrogens (tertiary/aromatic N) is 4. The van der Waals surface area contributed by atoms with E-state index in [-0.39, 0.29) is 17.9 Å². The summed E-state index contributed by atoms with van der Waals surface area (Å²) in [5.74, 6) is 0.562. The van der Waals surface area contributed by atoms with Crippen molar-refractivity contribution in [2.24, 2.45) is 5.92 Å². The van der Waals surface area contributed by atoms with E-state index in [0.717, 1.165) is 44.3 Å². The first-order valence-corrected chi connectivity index (χ1v) is 11.4. The number of hydrogen-bond donors (Lipinski definition) is 1. The first kappa shape index (κ1) is 23.3. The maximum atomic E-state index is 12.8. The Balaban J connectivity index is 1.59. The summed E-state index contributed by atoms with van der Waals surface area (Å²) in [4.78, 5) is 35.7. The molecule has 1 aromatic rings. The van der Waals surface area contributed by atoms with Gasteiger partial charge in [0, 0.05) is 76.9 Å². The quantitative estimate of drug-likeness (QED) is 0.678. The number of pyridine rings is 1. The fourth-order valence-corrected chi connectivity index (χ4v) is 4.86. The molecule has 0 spiro atoms. The van der Waals surface area contributed by atoms with E-state index >= 15 is 0 Å². The topological polar surface area (TPSA) is 68.8 Å². The second kappa shape index (κ2) is 10.8. The van der Waals surface area contributed by atoms with E-state index in [0.29, 0.717) is 24.9 Å². The molecule has 2 fully saturated rings. The van der Waals surface area contributed by atoms with Crippen LogP contribution >= 0.6 is 0 Å². The van der Waals surface area contributed by atoms with Crippen molar-refractivity contribution in [1.29, 1.82) is 0 Å². The largest absolute Gasteiger partial charge is 0.383 e. The number of fused-ring (bicyclic) bond motifs is 1. The van der Waals surface area contributed by atoms with Gasteiger partial charge in [0.05, 0.1) is 0 Å². The van der Waals surface area contributed by atoms with Crippen LogP contribution in [0.2, 0.25) is 0 Å². The molecule has 0 unspecified atom stereocenters. The van der Waals surface area contributed by atoms with E-state index < -0.39 is 0 Å². The van der Waals surface area contributed by atoms with Gasteiger partial charge in [-0.15, -0.1) is 0 Å². The Hall–Kier alpha value is -2.41. The summed E-state index contributed by atoms with van der Waals surface area (Å²) in [6.07, 6.45) is 9.67. The molecule has 2 amide bonds. The van der Waals surface area contributed by atoms with Crippen LogP contribution in [0.5, 0.6) is 0 Å². The molecule has 1 saturated carbocycles. The van der Waals surface area contributed by atoms with Crippen LogP contribution in [-0.4, -0.2) is 84.4 Å². The van der Waals surface area contributed by atoms with E-state index in [1.807, 2.05) is 44.4 Å². The fourth-order valence-electron chi connectivity index (χ4n) is 4.86. The average Bonchev–Trinajstić information content (AvgIpc) is 2.73. The van der Waals surface area contributed by atoms with Crippen molar-refractivity contribution in [1.82, 2.24) is 25.0 Å². The number of carbonyl (C=O) groups excluding carboxylic acids is 2. The van der Waals surface area contributed by atoms with Gasteiger partial charge < -0.3 is 15.1 Å². The van der Waals surface area contributed by atoms with Crippen LogP contribution in [0.3, 0.4) is 0 Å². The predicted molar refractivity (Wildman–Crippen MR) is 123 cm³/mol. The molecule has 0 bridgehead atoms. The van der Waals surface area contributed by atoms with Crippen LogP contribution in [0.1, 0.15) is 38.2 Å². The number of amides is 2. The Morgan fingerprint density at radius 2 is 2.00 bits per heavy atom. The van der Waals surface area contributed by atoms with Gasteiger partial charge >= 0.3 is 6.03 Å². The highest BCUT2D eigenvalue weighted by Gasteiger charge is 2.41. The number of aromatic nitrogens is 1. The lowest BCUT2D eigenvalue weighted by Crippen LogP contribution is -2.58. The van der Waals surface area contributed by atoms with Gasteiger partial charge in [0.15, 0.2) is 5.78 Å². The molecule has 0 radical (unpaired) electrons. The van der Waals surface area contributed by atoms with Crippen molar-refractivity contribution in [3.63, 3.8) is 0 Å². The molecular weight excluding hydrogens is 390 g/mol. The number of nitrogens with one attached hydrogen (secondary N) is 1. The number of piperidine rings is 1. The molecule has 170 valence electrons. The van der Waals surface area contributed by atoms with Crippen molar-refractivity contribution in [3.05, 3.63) is 41.9 Å². The molecule has 3 atom stereocenters. The zero-order valence-electron chi connectivity index (χ0n) is 19.4. The van der Waals surface area contributed by atoms with Crippen molar-refractivity contribution in [3.8, 4) is 0 Å². The van der Waals surface area contributed by atoms with Gasteiger partial charge in [-0.05, 0) is 55.8 Å². The Bertz CT molecular complexity index is 779. The maximum absolute atomic E-state index is 12.8. The second-order valence-corrected chi connectivity index (χ2v) is 9.18. The van der Waals surface area contributed by atoms with Gasteiger partial charge in [0.25, 0.3) is 0 Å². The minimum atomic E-state index is -0.0377. The highest BCUT2D eigenvalue weighted by Crippen LogP contribution is 2.36. The summed E-state index contributed by atoms with van der Waals surface area (Å²) >= 11 is 0. The van der Waals surface area contributed by atoms with Crippen molar-refractivity contribution >= 4 is 11.8 Å². The summed E-state index contributed by atoms with van der Waals surface area (Å²) in [5.41, 5.74) is 2.11. The molecule has 1 aliphatic heterocycles. The molecule has 1 aliphatic carbocycles. The third kappa shape index (κ3) is 6.29. The van der Waals surface area contributed by atoms with Gasteiger partial charge in [0.2, 0.25) is 0 Å². The summed E-state index contributed by atoms with van der Waals surface area (Å²) < 4.78 is 0. The Morgan fingerprint density at radius 1 is 1.26 bits per heavy atom. The zero-order valence-corrected chi connectivity index (χ0v) is 19.4. The van der Waals surface area contributed by atoms with Gasteiger partial charge in [-0.2, -0.15) is 0 Å². The molecule has 0 aromatic carbocycles. The number of ketones is 1. The summed E-state index contributed by atoms with van der Waals surface area (Å²) in [7, 11) is 5.77. The maximum Gasteiger partial charge on any atom is 0.317 e. The summed E-state index contributed by atoms with van der Waals surface area (Å²) in [6, 6.07) is 4.39. The molecule has 31 heavy (non-hydrogen) atoms. The first-order chi connectivity index (χ1) is 14.9. The van der Waals surface area contributed by atoms with E-state index in [2.05, 4.69) is 22.1 Å². The monoisotopic (exact) mass is 427 g/mol. The number of likely N-dealkylation sites (tertiary alicyclic amines) is 1. The fraction of sp³-hybridized carbons (Fsp3) is 0.625. The molecule has 3 rings (SSSR count). The molecule has 2 aliphatic rings. The summed E-state index contributed by atoms with van der Waals surface area (Å²) in [5, 5.41) is 3.23. The SMILES string of the molecule is CCCN1C[C@@H](NC(=O)N(C)CCc2ccncc2)C[C@@H]2CC(=O)C(=CN(C)C)C[C@H]21. The van der Waals surface area contributed by atoms with Crippen LogP contribution in [-0.2, 0) is 11.2 Å². The van der Waals surface area contributed by atoms with E-state index in [1.165, 1.54) is 5.56 Å². The second-order valence-electron chi connectivity index (χ2n) is 9.18. The Morgan fingerprint density at radius 3 is 2.68 bits per heavy atom. The van der Waals surface area contributed by atoms with Gasteiger partial charge in [-0.3, -0.25) is 14.7 Å². The minimum absolute atomic E-state index is 0.0377. The normalized spacial score (nSPS) is 25.2. The van der Waals surface area contributed by atoms with Crippen LogP contribution < -0.4 is 5.32 Å². The van der Waals surface area contributed by atoms with E-state index in [9.17, 15) is 9.59 Å².